The second-order valence-corrected chi connectivity index (χ2v) is 4.36. The summed E-state index contributed by atoms with van der Waals surface area (Å²) >= 11 is 0. The second kappa shape index (κ2) is 5.00. The summed E-state index contributed by atoms with van der Waals surface area (Å²) in [5, 5.41) is 3.34. The Morgan fingerprint density at radius 1 is 1.06 bits per heavy atom. The van der Waals surface area contributed by atoms with Crippen LogP contribution in [-0.4, -0.2) is 7.11 Å². The standard InChI is InChI=1S/C15H18N2O/c1-10-7-8-12(11(2)9-10)17-13-5-4-6-14(18-3)15(13)16/h4-9,17H,16H2,1-3H3. The minimum Gasteiger partial charge on any atom is -0.495 e. The summed E-state index contributed by atoms with van der Waals surface area (Å²) in [7, 11) is 1.62. The summed E-state index contributed by atoms with van der Waals surface area (Å²) in [4.78, 5) is 0. The van der Waals surface area contributed by atoms with Crippen LogP contribution < -0.4 is 15.8 Å². The molecule has 2 aromatic rings. The molecule has 0 aromatic heterocycles. The number of benzene rings is 2. The van der Waals surface area contributed by atoms with Crippen molar-refractivity contribution in [1.82, 2.24) is 0 Å². The molecule has 0 atom stereocenters. The summed E-state index contributed by atoms with van der Waals surface area (Å²) in [6.45, 7) is 4.16. The maximum atomic E-state index is 6.03. The lowest BCUT2D eigenvalue weighted by atomic mass is 10.1. The van der Waals surface area contributed by atoms with Gasteiger partial charge in [-0.2, -0.15) is 0 Å². The van der Waals surface area contributed by atoms with Gasteiger partial charge < -0.3 is 15.8 Å². The third-order valence-electron chi connectivity index (χ3n) is 2.94. The van der Waals surface area contributed by atoms with Crippen LogP contribution in [0.3, 0.4) is 0 Å². The zero-order valence-corrected chi connectivity index (χ0v) is 10.9. The van der Waals surface area contributed by atoms with E-state index in [2.05, 4.69) is 37.4 Å². The average molecular weight is 242 g/mol. The highest BCUT2D eigenvalue weighted by Gasteiger charge is 2.06. The molecule has 3 heteroatoms. The summed E-state index contributed by atoms with van der Waals surface area (Å²) in [6, 6.07) is 12.0. The van der Waals surface area contributed by atoms with E-state index in [1.165, 1.54) is 11.1 Å². The van der Waals surface area contributed by atoms with Crippen LogP contribution in [0.2, 0.25) is 0 Å². The summed E-state index contributed by atoms with van der Waals surface area (Å²) in [6.07, 6.45) is 0. The average Bonchev–Trinajstić information content (AvgIpc) is 2.35. The lowest BCUT2D eigenvalue weighted by Gasteiger charge is -2.14. The van der Waals surface area contributed by atoms with Gasteiger partial charge in [-0.25, -0.2) is 0 Å². The van der Waals surface area contributed by atoms with Gasteiger partial charge >= 0.3 is 0 Å². The van der Waals surface area contributed by atoms with E-state index in [9.17, 15) is 0 Å². The summed E-state index contributed by atoms with van der Waals surface area (Å²) < 4.78 is 5.21. The van der Waals surface area contributed by atoms with Crippen molar-refractivity contribution in [3.8, 4) is 5.75 Å². The van der Waals surface area contributed by atoms with Gasteiger partial charge in [0.2, 0.25) is 0 Å². The molecular formula is C15H18N2O. The van der Waals surface area contributed by atoms with Crippen molar-refractivity contribution in [2.24, 2.45) is 0 Å². The Morgan fingerprint density at radius 3 is 2.50 bits per heavy atom. The molecule has 18 heavy (non-hydrogen) atoms. The van der Waals surface area contributed by atoms with E-state index < -0.39 is 0 Å². The fraction of sp³-hybridized carbons (Fsp3) is 0.200. The number of hydrogen-bond acceptors (Lipinski definition) is 3. The van der Waals surface area contributed by atoms with Crippen molar-refractivity contribution in [2.45, 2.75) is 13.8 Å². The van der Waals surface area contributed by atoms with E-state index in [0.29, 0.717) is 11.4 Å². The predicted octanol–water partition coefficient (Wildman–Crippen LogP) is 3.64. The van der Waals surface area contributed by atoms with Gasteiger partial charge in [-0.05, 0) is 37.6 Å². The van der Waals surface area contributed by atoms with Gasteiger partial charge in [-0.1, -0.05) is 23.8 Å². The van der Waals surface area contributed by atoms with Crippen LogP contribution in [0.5, 0.6) is 5.75 Å². The summed E-state index contributed by atoms with van der Waals surface area (Å²) in [5.74, 6) is 0.685. The molecular weight excluding hydrogens is 224 g/mol. The van der Waals surface area contributed by atoms with Crippen molar-refractivity contribution in [1.29, 1.82) is 0 Å². The zero-order valence-electron chi connectivity index (χ0n) is 10.9. The molecule has 0 bridgehead atoms. The fourth-order valence-electron chi connectivity index (χ4n) is 1.93. The van der Waals surface area contributed by atoms with Gasteiger partial charge in [0.15, 0.2) is 0 Å². The first-order valence-electron chi connectivity index (χ1n) is 5.88. The Hall–Kier alpha value is -2.16. The minimum atomic E-state index is 0.625. The first-order valence-corrected chi connectivity index (χ1v) is 5.88. The van der Waals surface area contributed by atoms with E-state index in [1.807, 2.05) is 18.2 Å². The quantitative estimate of drug-likeness (QED) is 0.808. The van der Waals surface area contributed by atoms with Crippen LogP contribution >= 0.6 is 0 Å². The minimum absolute atomic E-state index is 0.625. The molecule has 0 spiro atoms. The number of nitrogen functional groups attached to an aromatic ring is 1. The van der Waals surface area contributed by atoms with Crippen molar-refractivity contribution >= 4 is 17.1 Å². The number of rotatable bonds is 3. The molecule has 0 heterocycles. The molecule has 2 aromatic carbocycles. The van der Waals surface area contributed by atoms with Gasteiger partial charge in [0.05, 0.1) is 18.5 Å². The smallest absolute Gasteiger partial charge is 0.143 e. The maximum absolute atomic E-state index is 6.03. The van der Waals surface area contributed by atoms with Crippen molar-refractivity contribution in [3.63, 3.8) is 0 Å². The fourth-order valence-corrected chi connectivity index (χ4v) is 1.93. The molecule has 94 valence electrons. The van der Waals surface area contributed by atoms with Crippen LogP contribution in [-0.2, 0) is 0 Å². The zero-order chi connectivity index (χ0) is 13.1. The lowest BCUT2D eigenvalue weighted by Crippen LogP contribution is -2.00. The molecule has 0 aliphatic heterocycles. The molecule has 0 radical (unpaired) electrons. The van der Waals surface area contributed by atoms with Gasteiger partial charge in [0.1, 0.15) is 5.75 Å². The molecule has 0 amide bonds. The number of para-hydroxylation sites is 1. The molecule has 0 saturated carbocycles. The highest BCUT2D eigenvalue weighted by Crippen LogP contribution is 2.32. The molecule has 0 aliphatic rings. The molecule has 3 N–H and O–H groups in total. The third kappa shape index (κ3) is 2.40. The first kappa shape index (κ1) is 12.3. The van der Waals surface area contributed by atoms with Crippen molar-refractivity contribution < 1.29 is 4.74 Å². The normalized spacial score (nSPS) is 10.2. The Labute approximate surface area is 108 Å². The van der Waals surface area contributed by atoms with Gasteiger partial charge in [0, 0.05) is 5.69 Å². The molecule has 0 fully saturated rings. The molecule has 2 rings (SSSR count). The molecule has 0 saturated heterocycles. The van der Waals surface area contributed by atoms with E-state index in [0.717, 1.165) is 11.4 Å². The monoisotopic (exact) mass is 242 g/mol. The van der Waals surface area contributed by atoms with E-state index in [4.69, 9.17) is 10.5 Å². The van der Waals surface area contributed by atoms with Crippen LogP contribution in [0.15, 0.2) is 36.4 Å². The molecule has 3 nitrogen and oxygen atoms in total. The molecule has 0 aliphatic carbocycles. The SMILES string of the molecule is COc1cccc(Nc2ccc(C)cc2C)c1N. The summed E-state index contributed by atoms with van der Waals surface area (Å²) in [5.41, 5.74) is 11.0. The largest absolute Gasteiger partial charge is 0.495 e. The maximum Gasteiger partial charge on any atom is 0.143 e. The van der Waals surface area contributed by atoms with Crippen molar-refractivity contribution in [2.75, 3.05) is 18.2 Å². The van der Waals surface area contributed by atoms with Crippen LogP contribution in [0.1, 0.15) is 11.1 Å². The number of aryl methyl sites for hydroxylation is 2. The van der Waals surface area contributed by atoms with Gasteiger partial charge in [-0.3, -0.25) is 0 Å². The topological polar surface area (TPSA) is 47.3 Å². The third-order valence-corrected chi connectivity index (χ3v) is 2.94. The molecule has 0 unspecified atom stereocenters. The lowest BCUT2D eigenvalue weighted by molar-refractivity contribution is 0.417. The highest BCUT2D eigenvalue weighted by atomic mass is 16.5. The van der Waals surface area contributed by atoms with Gasteiger partial charge in [0.25, 0.3) is 0 Å². The highest BCUT2D eigenvalue weighted by molar-refractivity contribution is 5.78. The Balaban J connectivity index is 2.34. The first-order chi connectivity index (χ1) is 8.61. The number of anilines is 3. The van der Waals surface area contributed by atoms with Gasteiger partial charge in [-0.15, -0.1) is 0 Å². The number of nitrogens with two attached hydrogens (primary N) is 1. The van der Waals surface area contributed by atoms with Crippen molar-refractivity contribution in [3.05, 3.63) is 47.5 Å². The van der Waals surface area contributed by atoms with E-state index in [1.54, 1.807) is 7.11 Å². The predicted molar refractivity (Wildman–Crippen MR) is 76.6 cm³/mol. The van der Waals surface area contributed by atoms with Crippen LogP contribution in [0.25, 0.3) is 0 Å². The van der Waals surface area contributed by atoms with E-state index in [-0.39, 0.29) is 0 Å². The number of nitrogens with one attached hydrogen (secondary N) is 1. The Bertz CT molecular complexity index is 564. The Kier molecular flexibility index (Phi) is 3.42. The number of ether oxygens (including phenoxy) is 1. The number of hydrogen-bond donors (Lipinski definition) is 2. The van der Waals surface area contributed by atoms with E-state index >= 15 is 0 Å². The second-order valence-electron chi connectivity index (χ2n) is 4.36. The number of methoxy groups -OCH3 is 1. The van der Waals surface area contributed by atoms with Crippen LogP contribution in [0.4, 0.5) is 17.1 Å². The Morgan fingerprint density at radius 2 is 1.83 bits per heavy atom. The van der Waals surface area contributed by atoms with Crippen LogP contribution in [0, 0.1) is 13.8 Å².